The predicted molar refractivity (Wildman–Crippen MR) is 74.7 cm³/mol. The van der Waals surface area contributed by atoms with Gasteiger partial charge in [0.1, 0.15) is 0 Å². The first-order chi connectivity index (χ1) is 10.3. The number of hydrogen-bond acceptors (Lipinski definition) is 5. The molecular weight excluding hydrogens is 272 g/mol. The zero-order valence-corrected chi connectivity index (χ0v) is 12.7. The molecule has 0 radical (unpaired) electrons. The van der Waals surface area contributed by atoms with E-state index in [1.165, 1.54) is 0 Å². The van der Waals surface area contributed by atoms with Gasteiger partial charge in [0.15, 0.2) is 12.6 Å². The van der Waals surface area contributed by atoms with Gasteiger partial charge in [0, 0.05) is 39.1 Å². The molecule has 2 bridgehead atoms. The lowest BCUT2D eigenvalue weighted by atomic mass is 9.92. The molecule has 2 saturated carbocycles. The van der Waals surface area contributed by atoms with Gasteiger partial charge in [0.25, 0.3) is 0 Å². The van der Waals surface area contributed by atoms with Crippen LogP contribution in [0.1, 0.15) is 38.5 Å². The van der Waals surface area contributed by atoms with Crippen LogP contribution in [-0.2, 0) is 23.7 Å². The molecule has 2 aliphatic carbocycles. The minimum absolute atomic E-state index is 0.0362. The van der Waals surface area contributed by atoms with E-state index in [-0.39, 0.29) is 24.8 Å². The van der Waals surface area contributed by atoms with Crippen molar-refractivity contribution in [1.29, 1.82) is 0 Å². The number of fused-ring (bicyclic) bond motifs is 2. The molecule has 2 heterocycles. The van der Waals surface area contributed by atoms with Crippen molar-refractivity contribution in [1.82, 2.24) is 0 Å². The molecule has 2 saturated heterocycles. The largest absolute Gasteiger partial charge is 0.381 e. The van der Waals surface area contributed by atoms with E-state index in [0.29, 0.717) is 17.9 Å². The lowest BCUT2D eigenvalue weighted by Gasteiger charge is -2.37. The van der Waals surface area contributed by atoms with Crippen molar-refractivity contribution >= 4 is 0 Å². The van der Waals surface area contributed by atoms with E-state index in [9.17, 15) is 0 Å². The Kier molecular flexibility index (Phi) is 4.20. The normalized spacial score (nSPS) is 49.3. The zero-order chi connectivity index (χ0) is 14.2. The summed E-state index contributed by atoms with van der Waals surface area (Å²) in [4.78, 5) is 0. The minimum Gasteiger partial charge on any atom is -0.381 e. The summed E-state index contributed by atoms with van der Waals surface area (Å²) in [6.07, 6.45) is 6.90. The van der Waals surface area contributed by atoms with Gasteiger partial charge in [0.2, 0.25) is 0 Å². The predicted octanol–water partition coefficient (Wildman–Crippen LogP) is 2.08. The first kappa shape index (κ1) is 14.4. The van der Waals surface area contributed by atoms with Gasteiger partial charge in [0.05, 0.1) is 18.3 Å². The molecule has 120 valence electrons. The Labute approximate surface area is 126 Å². The highest BCUT2D eigenvalue weighted by atomic mass is 16.7. The Balaban J connectivity index is 1.44. The van der Waals surface area contributed by atoms with Crippen LogP contribution < -0.4 is 0 Å². The van der Waals surface area contributed by atoms with Crippen LogP contribution in [0.4, 0.5) is 0 Å². The molecule has 0 amide bonds. The average molecular weight is 298 g/mol. The third kappa shape index (κ3) is 2.75. The standard InChI is InChI=1S/C16H26O5/c1-17-12-9-10-8-11(12)16(21-14-5-3-7-19-14)15(10)20-13-4-2-6-18-13/h10-16H,2-9H2,1H3. The second kappa shape index (κ2) is 6.13. The van der Waals surface area contributed by atoms with Crippen molar-refractivity contribution in [3.63, 3.8) is 0 Å². The molecule has 0 aromatic carbocycles. The molecule has 4 aliphatic rings. The summed E-state index contributed by atoms with van der Waals surface area (Å²) in [6.45, 7) is 1.64. The maximum absolute atomic E-state index is 6.28. The fraction of sp³-hybridized carbons (Fsp3) is 1.00. The van der Waals surface area contributed by atoms with Crippen molar-refractivity contribution in [2.45, 2.75) is 69.4 Å². The summed E-state index contributed by atoms with van der Waals surface area (Å²) in [6, 6.07) is 0. The summed E-state index contributed by atoms with van der Waals surface area (Å²) in [5.74, 6) is 0.978. The summed E-state index contributed by atoms with van der Waals surface area (Å²) in [5.41, 5.74) is 0. The molecule has 7 unspecified atom stereocenters. The molecular formula is C16H26O5. The number of ether oxygens (including phenoxy) is 5. The van der Waals surface area contributed by atoms with E-state index in [0.717, 1.165) is 51.7 Å². The van der Waals surface area contributed by atoms with Gasteiger partial charge in [-0.15, -0.1) is 0 Å². The fourth-order valence-corrected chi connectivity index (χ4v) is 4.50. The Bertz CT molecular complexity index is 351. The molecule has 0 N–H and O–H groups in total. The molecule has 0 aromatic heterocycles. The molecule has 4 rings (SSSR count). The van der Waals surface area contributed by atoms with Gasteiger partial charge in [-0.25, -0.2) is 0 Å². The van der Waals surface area contributed by atoms with E-state index in [1.54, 1.807) is 0 Å². The quantitative estimate of drug-likeness (QED) is 0.777. The molecule has 4 fully saturated rings. The van der Waals surface area contributed by atoms with Gasteiger partial charge in [-0.05, 0) is 31.6 Å². The Morgan fingerprint density at radius 1 is 0.857 bits per heavy atom. The van der Waals surface area contributed by atoms with E-state index in [2.05, 4.69) is 0 Å². The maximum Gasteiger partial charge on any atom is 0.158 e. The second-order valence-corrected chi connectivity index (χ2v) is 6.76. The van der Waals surface area contributed by atoms with Gasteiger partial charge in [-0.2, -0.15) is 0 Å². The monoisotopic (exact) mass is 298 g/mol. The van der Waals surface area contributed by atoms with Crippen LogP contribution in [0.5, 0.6) is 0 Å². The topological polar surface area (TPSA) is 46.2 Å². The van der Waals surface area contributed by atoms with Crippen molar-refractivity contribution in [3.05, 3.63) is 0 Å². The van der Waals surface area contributed by atoms with Gasteiger partial charge >= 0.3 is 0 Å². The second-order valence-electron chi connectivity index (χ2n) is 6.76. The highest BCUT2D eigenvalue weighted by molar-refractivity contribution is 5.04. The molecule has 0 spiro atoms. The number of methoxy groups -OCH3 is 1. The zero-order valence-electron chi connectivity index (χ0n) is 12.7. The van der Waals surface area contributed by atoms with Crippen LogP contribution >= 0.6 is 0 Å². The van der Waals surface area contributed by atoms with Gasteiger partial charge < -0.3 is 23.7 Å². The van der Waals surface area contributed by atoms with Crippen LogP contribution in [-0.4, -0.2) is 51.2 Å². The summed E-state index contributed by atoms with van der Waals surface area (Å²) < 4.78 is 29.5. The molecule has 0 aromatic rings. The van der Waals surface area contributed by atoms with Crippen LogP contribution in [0.2, 0.25) is 0 Å². The first-order valence-corrected chi connectivity index (χ1v) is 8.42. The van der Waals surface area contributed by atoms with E-state index >= 15 is 0 Å². The van der Waals surface area contributed by atoms with Crippen molar-refractivity contribution in [2.24, 2.45) is 11.8 Å². The van der Waals surface area contributed by atoms with Gasteiger partial charge in [-0.1, -0.05) is 0 Å². The minimum atomic E-state index is -0.0533. The Hall–Kier alpha value is -0.200. The van der Waals surface area contributed by atoms with E-state index in [1.807, 2.05) is 7.11 Å². The van der Waals surface area contributed by atoms with Crippen LogP contribution in [0, 0.1) is 11.8 Å². The third-order valence-electron chi connectivity index (χ3n) is 5.49. The average Bonchev–Trinajstić information content (AvgIpc) is 3.24. The van der Waals surface area contributed by atoms with Crippen molar-refractivity contribution in [2.75, 3.05) is 20.3 Å². The lowest BCUT2D eigenvalue weighted by Crippen LogP contribution is -2.46. The van der Waals surface area contributed by atoms with Crippen LogP contribution in [0.15, 0.2) is 0 Å². The van der Waals surface area contributed by atoms with Crippen molar-refractivity contribution < 1.29 is 23.7 Å². The first-order valence-electron chi connectivity index (χ1n) is 8.42. The Morgan fingerprint density at radius 3 is 2.10 bits per heavy atom. The van der Waals surface area contributed by atoms with E-state index < -0.39 is 0 Å². The highest BCUT2D eigenvalue weighted by Gasteiger charge is 2.56. The number of rotatable bonds is 5. The third-order valence-corrected chi connectivity index (χ3v) is 5.49. The maximum atomic E-state index is 6.28. The van der Waals surface area contributed by atoms with Crippen LogP contribution in [0.3, 0.4) is 0 Å². The molecule has 5 nitrogen and oxygen atoms in total. The van der Waals surface area contributed by atoms with Crippen LogP contribution in [0.25, 0.3) is 0 Å². The molecule has 21 heavy (non-hydrogen) atoms. The van der Waals surface area contributed by atoms with Crippen molar-refractivity contribution in [3.8, 4) is 0 Å². The smallest absolute Gasteiger partial charge is 0.158 e. The molecule has 7 atom stereocenters. The summed E-state index contributed by atoms with van der Waals surface area (Å²) in [5, 5.41) is 0. The van der Waals surface area contributed by atoms with E-state index in [4.69, 9.17) is 23.7 Å². The molecule has 5 heteroatoms. The summed E-state index contributed by atoms with van der Waals surface area (Å²) in [7, 11) is 1.81. The SMILES string of the molecule is COC1CC2CC1C(OC1CCCO1)C2OC1CCCO1. The summed E-state index contributed by atoms with van der Waals surface area (Å²) >= 11 is 0. The molecule has 2 aliphatic heterocycles. The Morgan fingerprint density at radius 2 is 1.52 bits per heavy atom. The lowest BCUT2D eigenvalue weighted by molar-refractivity contribution is -0.236. The van der Waals surface area contributed by atoms with Gasteiger partial charge in [-0.3, -0.25) is 0 Å². The highest BCUT2D eigenvalue weighted by Crippen LogP contribution is 2.50. The fourth-order valence-electron chi connectivity index (χ4n) is 4.50. The number of hydrogen-bond donors (Lipinski definition) is 0.